The number of aromatic nitrogens is 1. The van der Waals surface area contributed by atoms with Crippen LogP contribution in [0.1, 0.15) is 49.4 Å². The number of nitriles is 1. The van der Waals surface area contributed by atoms with Gasteiger partial charge in [0.2, 0.25) is 11.8 Å². The zero-order chi connectivity index (χ0) is 20.6. The van der Waals surface area contributed by atoms with Crippen molar-refractivity contribution in [1.82, 2.24) is 4.98 Å². The van der Waals surface area contributed by atoms with E-state index >= 15 is 0 Å². The van der Waals surface area contributed by atoms with Crippen molar-refractivity contribution in [3.63, 3.8) is 0 Å². The molecule has 2 N–H and O–H groups in total. The Morgan fingerprint density at radius 3 is 2.48 bits per heavy atom. The van der Waals surface area contributed by atoms with Gasteiger partial charge in [-0.05, 0) is 61.6 Å². The SMILES string of the molecule is CC(=O)Nc1ccc(NC(=O)CCSc2nc3c(cc2C#N)CCCCC3)cc1. The van der Waals surface area contributed by atoms with Gasteiger partial charge in [0, 0.05) is 36.2 Å². The lowest BCUT2D eigenvalue weighted by Gasteiger charge is -2.10. The van der Waals surface area contributed by atoms with Crippen molar-refractivity contribution in [3.8, 4) is 6.07 Å². The molecule has 1 aliphatic carbocycles. The number of carbonyl (C=O) groups is 2. The largest absolute Gasteiger partial charge is 0.326 e. The number of nitrogens with one attached hydrogen (secondary N) is 2. The number of hydrogen-bond donors (Lipinski definition) is 2. The van der Waals surface area contributed by atoms with Gasteiger partial charge in [-0.3, -0.25) is 9.59 Å². The maximum absolute atomic E-state index is 12.2. The topological polar surface area (TPSA) is 94.9 Å². The van der Waals surface area contributed by atoms with E-state index in [0.29, 0.717) is 29.1 Å². The Kier molecular flexibility index (Phi) is 7.25. The summed E-state index contributed by atoms with van der Waals surface area (Å²) in [6.07, 6.45) is 5.76. The molecule has 1 aromatic carbocycles. The molecule has 29 heavy (non-hydrogen) atoms. The van der Waals surface area contributed by atoms with Gasteiger partial charge in [0.15, 0.2) is 0 Å². The molecule has 0 aliphatic heterocycles. The minimum Gasteiger partial charge on any atom is -0.326 e. The first-order valence-corrected chi connectivity index (χ1v) is 10.8. The van der Waals surface area contributed by atoms with Crippen LogP contribution in [0.4, 0.5) is 11.4 Å². The molecule has 0 atom stereocenters. The molecular weight excluding hydrogens is 384 g/mol. The maximum Gasteiger partial charge on any atom is 0.225 e. The van der Waals surface area contributed by atoms with E-state index in [-0.39, 0.29) is 11.8 Å². The Morgan fingerprint density at radius 2 is 1.79 bits per heavy atom. The summed E-state index contributed by atoms with van der Waals surface area (Å²) in [4.78, 5) is 28.0. The number of nitrogens with zero attached hydrogens (tertiary/aromatic N) is 2. The van der Waals surface area contributed by atoms with E-state index in [2.05, 4.69) is 16.7 Å². The number of pyridine rings is 1. The highest BCUT2D eigenvalue weighted by Gasteiger charge is 2.15. The average Bonchev–Trinajstić information content (AvgIpc) is 2.93. The second-order valence-electron chi connectivity index (χ2n) is 7.02. The number of fused-ring (bicyclic) bond motifs is 1. The van der Waals surface area contributed by atoms with Gasteiger partial charge in [-0.2, -0.15) is 5.26 Å². The molecule has 0 radical (unpaired) electrons. The number of aryl methyl sites for hydroxylation is 2. The minimum atomic E-state index is -0.137. The van der Waals surface area contributed by atoms with Gasteiger partial charge in [-0.1, -0.05) is 6.42 Å². The van der Waals surface area contributed by atoms with Crippen LogP contribution in [0.25, 0.3) is 0 Å². The van der Waals surface area contributed by atoms with Crippen molar-refractivity contribution >= 4 is 35.0 Å². The second kappa shape index (κ2) is 10.1. The summed E-state index contributed by atoms with van der Waals surface area (Å²) in [5.74, 6) is 0.316. The molecule has 150 valence electrons. The van der Waals surface area contributed by atoms with Crippen molar-refractivity contribution < 1.29 is 9.59 Å². The molecule has 0 saturated heterocycles. The van der Waals surface area contributed by atoms with E-state index in [1.807, 2.05) is 6.07 Å². The van der Waals surface area contributed by atoms with Crippen LogP contribution in [0.2, 0.25) is 0 Å². The number of anilines is 2. The van der Waals surface area contributed by atoms with Gasteiger partial charge in [0.25, 0.3) is 0 Å². The fraction of sp³-hybridized carbons (Fsp3) is 0.364. The third-order valence-electron chi connectivity index (χ3n) is 4.69. The third-order valence-corrected chi connectivity index (χ3v) is 5.69. The molecule has 0 fully saturated rings. The first-order valence-electron chi connectivity index (χ1n) is 9.78. The fourth-order valence-electron chi connectivity index (χ4n) is 3.29. The van der Waals surface area contributed by atoms with E-state index in [9.17, 15) is 14.9 Å². The molecule has 0 saturated carbocycles. The van der Waals surface area contributed by atoms with Crippen LogP contribution in [0, 0.1) is 11.3 Å². The van der Waals surface area contributed by atoms with Crippen LogP contribution in [-0.4, -0.2) is 22.6 Å². The number of amides is 2. The van der Waals surface area contributed by atoms with E-state index in [1.165, 1.54) is 30.7 Å². The molecule has 1 aliphatic rings. The van der Waals surface area contributed by atoms with Gasteiger partial charge in [0.05, 0.1) is 5.56 Å². The molecule has 0 spiro atoms. The molecule has 1 heterocycles. The molecule has 0 bridgehead atoms. The fourth-order valence-corrected chi connectivity index (χ4v) is 4.20. The van der Waals surface area contributed by atoms with Gasteiger partial charge in [-0.25, -0.2) is 4.98 Å². The molecule has 7 heteroatoms. The first-order chi connectivity index (χ1) is 14.0. The number of thioether (sulfide) groups is 1. The van der Waals surface area contributed by atoms with Crippen LogP contribution in [0.5, 0.6) is 0 Å². The Labute approximate surface area is 175 Å². The third kappa shape index (κ3) is 6.06. The Morgan fingerprint density at radius 1 is 1.10 bits per heavy atom. The zero-order valence-corrected chi connectivity index (χ0v) is 17.3. The van der Waals surface area contributed by atoms with Gasteiger partial charge >= 0.3 is 0 Å². The van der Waals surface area contributed by atoms with Gasteiger partial charge in [0.1, 0.15) is 11.1 Å². The lowest BCUT2D eigenvalue weighted by Crippen LogP contribution is -2.12. The predicted octanol–water partition coefficient (Wildman–Crippen LogP) is 4.30. The Balaban J connectivity index is 1.54. The zero-order valence-electron chi connectivity index (χ0n) is 16.5. The molecular formula is C22H24N4O2S. The molecule has 1 aromatic heterocycles. The monoisotopic (exact) mass is 408 g/mol. The quantitative estimate of drug-likeness (QED) is 0.549. The van der Waals surface area contributed by atoms with E-state index < -0.39 is 0 Å². The summed E-state index contributed by atoms with van der Waals surface area (Å²) < 4.78 is 0. The highest BCUT2D eigenvalue weighted by atomic mass is 32.2. The summed E-state index contributed by atoms with van der Waals surface area (Å²) >= 11 is 1.46. The van der Waals surface area contributed by atoms with Crippen LogP contribution in [0.3, 0.4) is 0 Å². The molecule has 6 nitrogen and oxygen atoms in total. The van der Waals surface area contributed by atoms with Crippen LogP contribution in [-0.2, 0) is 22.4 Å². The molecule has 3 rings (SSSR count). The summed E-state index contributed by atoms with van der Waals surface area (Å²) in [5.41, 5.74) is 4.26. The maximum atomic E-state index is 12.2. The van der Waals surface area contributed by atoms with Crippen molar-refractivity contribution in [2.24, 2.45) is 0 Å². The minimum absolute atomic E-state index is 0.0990. The van der Waals surface area contributed by atoms with E-state index in [4.69, 9.17) is 4.98 Å². The molecule has 2 amide bonds. The molecule has 2 aromatic rings. The summed E-state index contributed by atoms with van der Waals surface area (Å²) in [7, 11) is 0. The normalized spacial score (nSPS) is 13.0. The highest BCUT2D eigenvalue weighted by molar-refractivity contribution is 7.99. The lowest BCUT2D eigenvalue weighted by atomic mass is 10.1. The van der Waals surface area contributed by atoms with E-state index in [0.717, 1.165) is 36.4 Å². The van der Waals surface area contributed by atoms with E-state index in [1.54, 1.807) is 24.3 Å². The summed E-state index contributed by atoms with van der Waals surface area (Å²) in [5, 5.41) is 15.7. The molecule has 0 unspecified atom stereocenters. The van der Waals surface area contributed by atoms with Crippen molar-refractivity contribution in [1.29, 1.82) is 5.26 Å². The van der Waals surface area contributed by atoms with Crippen LogP contribution in [0.15, 0.2) is 35.4 Å². The van der Waals surface area contributed by atoms with Crippen LogP contribution >= 0.6 is 11.8 Å². The number of benzene rings is 1. The lowest BCUT2D eigenvalue weighted by molar-refractivity contribution is -0.116. The summed E-state index contributed by atoms with van der Waals surface area (Å²) in [6, 6.07) is 11.2. The van der Waals surface area contributed by atoms with Crippen molar-refractivity contribution in [2.45, 2.75) is 50.5 Å². The Bertz CT molecular complexity index is 935. The smallest absolute Gasteiger partial charge is 0.225 e. The van der Waals surface area contributed by atoms with Gasteiger partial charge in [-0.15, -0.1) is 11.8 Å². The van der Waals surface area contributed by atoms with Crippen molar-refractivity contribution in [2.75, 3.05) is 16.4 Å². The Hall–Kier alpha value is -2.85. The number of hydrogen-bond acceptors (Lipinski definition) is 5. The second-order valence-corrected chi connectivity index (χ2v) is 8.11. The van der Waals surface area contributed by atoms with Crippen molar-refractivity contribution in [3.05, 3.63) is 47.2 Å². The first kappa shape index (κ1) is 20.9. The van der Waals surface area contributed by atoms with Gasteiger partial charge < -0.3 is 10.6 Å². The predicted molar refractivity (Wildman–Crippen MR) is 115 cm³/mol. The standard InChI is InChI=1S/C22H24N4O2S/c1-15(27)24-18-7-9-19(10-8-18)25-21(28)11-12-29-22-17(14-23)13-16-5-3-2-4-6-20(16)26-22/h7-10,13H,2-6,11-12H2,1H3,(H,24,27)(H,25,28). The number of rotatable bonds is 6. The average molecular weight is 409 g/mol. The van der Waals surface area contributed by atoms with Crippen LogP contribution < -0.4 is 10.6 Å². The summed E-state index contributed by atoms with van der Waals surface area (Å²) in [6.45, 7) is 1.45. The number of carbonyl (C=O) groups excluding carboxylic acids is 2. The highest BCUT2D eigenvalue weighted by Crippen LogP contribution is 2.27.